The number of hydrogen-bond donors (Lipinski definition) is 1. The second kappa shape index (κ2) is 3.54. The maximum absolute atomic E-state index is 5.61. The molecule has 0 aliphatic rings. The van der Waals surface area contributed by atoms with Gasteiger partial charge in [-0.05, 0) is 24.6 Å². The fraction of sp³-hybridized carbons (Fsp3) is 0.0909. The lowest BCUT2D eigenvalue weighted by atomic mass is 10.1. The van der Waals surface area contributed by atoms with Gasteiger partial charge in [0.25, 0.3) is 0 Å². The summed E-state index contributed by atoms with van der Waals surface area (Å²) < 4.78 is 1.80. The maximum Gasteiger partial charge on any atom is 0.0568 e. The van der Waals surface area contributed by atoms with Crippen LogP contribution in [0.1, 0.15) is 0 Å². The van der Waals surface area contributed by atoms with Crippen molar-refractivity contribution in [2.45, 2.75) is 6.54 Å². The Labute approximate surface area is 83.2 Å². The summed E-state index contributed by atoms with van der Waals surface area (Å²) in [4.78, 5) is 0. The van der Waals surface area contributed by atoms with Crippen LogP contribution < -0.4 is 5.73 Å². The third-order valence-corrected chi connectivity index (χ3v) is 2.11. The Morgan fingerprint density at radius 1 is 1.21 bits per heavy atom. The summed E-state index contributed by atoms with van der Waals surface area (Å²) in [6, 6.07) is 7.74. The molecule has 0 atom stereocenters. The van der Waals surface area contributed by atoms with E-state index in [2.05, 4.69) is 12.0 Å². The highest BCUT2D eigenvalue weighted by atomic mass is 15.3. The molecule has 1 aromatic carbocycles. The molecule has 1 heterocycles. The van der Waals surface area contributed by atoms with Gasteiger partial charge in [0.15, 0.2) is 0 Å². The molecule has 0 aliphatic heterocycles. The molecule has 0 spiro atoms. The molecule has 14 heavy (non-hydrogen) atoms. The van der Waals surface area contributed by atoms with Gasteiger partial charge in [-0.1, -0.05) is 12.1 Å². The summed E-state index contributed by atoms with van der Waals surface area (Å²) in [5.74, 6) is 0. The molecule has 71 valence electrons. The van der Waals surface area contributed by atoms with Crippen molar-refractivity contribution in [3.05, 3.63) is 43.6 Å². The van der Waals surface area contributed by atoms with Crippen molar-refractivity contribution in [1.29, 1.82) is 0 Å². The van der Waals surface area contributed by atoms with Crippen LogP contribution in [0.5, 0.6) is 0 Å². The van der Waals surface area contributed by atoms with E-state index in [1.54, 1.807) is 4.68 Å². The van der Waals surface area contributed by atoms with Crippen molar-refractivity contribution in [3.8, 4) is 11.1 Å². The van der Waals surface area contributed by atoms with E-state index in [0.29, 0.717) is 6.54 Å². The lowest BCUT2D eigenvalue weighted by Crippen LogP contribution is -1.92. The van der Waals surface area contributed by atoms with Gasteiger partial charge >= 0.3 is 0 Å². The highest BCUT2D eigenvalue weighted by Crippen LogP contribution is 2.19. The molecule has 2 aromatic rings. The first kappa shape index (κ1) is 8.81. The number of rotatable bonds is 2. The first-order valence-electron chi connectivity index (χ1n) is 4.47. The van der Waals surface area contributed by atoms with Crippen molar-refractivity contribution in [1.82, 2.24) is 9.78 Å². The van der Waals surface area contributed by atoms with Gasteiger partial charge in [-0.15, -0.1) is 0 Å². The first-order chi connectivity index (χ1) is 6.79. The van der Waals surface area contributed by atoms with Crippen molar-refractivity contribution in [2.24, 2.45) is 0 Å². The van der Waals surface area contributed by atoms with E-state index >= 15 is 0 Å². The third kappa shape index (κ3) is 1.62. The zero-order valence-corrected chi connectivity index (χ0v) is 7.85. The second-order valence-electron chi connectivity index (χ2n) is 3.11. The molecule has 0 saturated heterocycles. The van der Waals surface area contributed by atoms with Crippen LogP contribution in [0.2, 0.25) is 0 Å². The molecule has 0 unspecified atom stereocenters. The fourth-order valence-corrected chi connectivity index (χ4v) is 1.31. The van der Waals surface area contributed by atoms with Crippen LogP contribution in [0.3, 0.4) is 0 Å². The molecule has 3 heteroatoms. The van der Waals surface area contributed by atoms with Gasteiger partial charge < -0.3 is 5.73 Å². The van der Waals surface area contributed by atoms with E-state index in [4.69, 9.17) is 5.73 Å². The Bertz CT molecular complexity index is 414. The van der Waals surface area contributed by atoms with E-state index in [9.17, 15) is 0 Å². The summed E-state index contributed by atoms with van der Waals surface area (Å²) in [5.41, 5.74) is 8.60. The Kier molecular flexibility index (Phi) is 2.23. The van der Waals surface area contributed by atoms with Gasteiger partial charge in [-0.3, -0.25) is 4.68 Å². The van der Waals surface area contributed by atoms with E-state index in [-0.39, 0.29) is 0 Å². The summed E-state index contributed by atoms with van der Waals surface area (Å²) in [5, 5.41) is 4.16. The zero-order chi connectivity index (χ0) is 9.97. The predicted octanol–water partition coefficient (Wildman–Crippen LogP) is 1.97. The molecule has 2 rings (SSSR count). The monoisotopic (exact) mass is 186 g/mol. The molecule has 2 N–H and O–H groups in total. The fourth-order valence-electron chi connectivity index (χ4n) is 1.31. The van der Waals surface area contributed by atoms with Gasteiger partial charge in [0.2, 0.25) is 0 Å². The average molecular weight is 186 g/mol. The second-order valence-corrected chi connectivity index (χ2v) is 3.11. The zero-order valence-electron chi connectivity index (χ0n) is 7.85. The highest BCUT2D eigenvalue weighted by molar-refractivity contribution is 5.63. The minimum atomic E-state index is 0.648. The average Bonchev–Trinajstić information content (AvgIpc) is 2.67. The van der Waals surface area contributed by atoms with Crippen molar-refractivity contribution in [2.75, 3.05) is 5.73 Å². The molecule has 1 aromatic heterocycles. The number of nitrogens with two attached hydrogens (primary N) is 1. The molecule has 0 bridgehead atoms. The predicted molar refractivity (Wildman–Crippen MR) is 57.4 cm³/mol. The Hall–Kier alpha value is -1.77. The van der Waals surface area contributed by atoms with Crippen molar-refractivity contribution < 1.29 is 0 Å². The molecule has 1 radical (unpaired) electrons. The van der Waals surface area contributed by atoms with Crippen LogP contribution in [-0.2, 0) is 6.54 Å². The standard InChI is InChI=1S/C11H12N3/c1-2-14-8-10(7-13-14)9-3-5-11(12)6-4-9/h3-8H,1-2,12H2. The largest absolute Gasteiger partial charge is 0.399 e. The van der Waals surface area contributed by atoms with E-state index in [0.717, 1.165) is 16.8 Å². The van der Waals surface area contributed by atoms with Crippen molar-refractivity contribution >= 4 is 5.69 Å². The molecule has 0 fully saturated rings. The van der Waals surface area contributed by atoms with Crippen LogP contribution in [0.25, 0.3) is 11.1 Å². The molecule has 0 aliphatic carbocycles. The van der Waals surface area contributed by atoms with Gasteiger partial charge in [0.1, 0.15) is 0 Å². The van der Waals surface area contributed by atoms with Crippen LogP contribution in [-0.4, -0.2) is 9.78 Å². The lowest BCUT2D eigenvalue weighted by Gasteiger charge is -1.97. The molecular weight excluding hydrogens is 174 g/mol. The minimum Gasteiger partial charge on any atom is -0.399 e. The molecular formula is C11H12N3. The van der Waals surface area contributed by atoms with E-state index < -0.39 is 0 Å². The SMILES string of the molecule is [CH2]Cn1cc(-c2ccc(N)cc2)cn1. The van der Waals surface area contributed by atoms with Crippen LogP contribution >= 0.6 is 0 Å². The third-order valence-electron chi connectivity index (χ3n) is 2.11. The summed E-state index contributed by atoms with van der Waals surface area (Å²) in [6.45, 7) is 4.41. The number of benzene rings is 1. The Balaban J connectivity index is 2.34. The maximum atomic E-state index is 5.61. The van der Waals surface area contributed by atoms with Crippen LogP contribution in [0, 0.1) is 6.92 Å². The number of aromatic nitrogens is 2. The number of hydrogen-bond acceptors (Lipinski definition) is 2. The van der Waals surface area contributed by atoms with Gasteiger partial charge in [0, 0.05) is 24.0 Å². The van der Waals surface area contributed by atoms with Gasteiger partial charge in [0.05, 0.1) is 6.20 Å². The summed E-state index contributed by atoms with van der Waals surface area (Å²) in [6.07, 6.45) is 3.80. The van der Waals surface area contributed by atoms with Crippen LogP contribution in [0.15, 0.2) is 36.7 Å². The lowest BCUT2D eigenvalue weighted by molar-refractivity contribution is 0.699. The first-order valence-corrected chi connectivity index (χ1v) is 4.47. The van der Waals surface area contributed by atoms with E-state index in [1.807, 2.05) is 36.7 Å². The smallest absolute Gasteiger partial charge is 0.0568 e. The minimum absolute atomic E-state index is 0.648. The molecule has 0 amide bonds. The van der Waals surface area contributed by atoms with Gasteiger partial charge in [-0.25, -0.2) is 0 Å². The van der Waals surface area contributed by atoms with Gasteiger partial charge in [-0.2, -0.15) is 5.10 Å². The summed E-state index contributed by atoms with van der Waals surface area (Å²) in [7, 11) is 0. The molecule has 3 nitrogen and oxygen atoms in total. The topological polar surface area (TPSA) is 43.8 Å². The normalized spacial score (nSPS) is 10.4. The quantitative estimate of drug-likeness (QED) is 0.729. The van der Waals surface area contributed by atoms with Crippen LogP contribution in [0.4, 0.5) is 5.69 Å². The highest BCUT2D eigenvalue weighted by Gasteiger charge is 1.99. The number of nitrogen functional groups attached to an aromatic ring is 1. The molecule has 0 saturated carbocycles. The van der Waals surface area contributed by atoms with E-state index in [1.165, 1.54) is 0 Å². The summed E-state index contributed by atoms with van der Waals surface area (Å²) >= 11 is 0. The Morgan fingerprint density at radius 2 is 1.93 bits per heavy atom. The number of nitrogens with zero attached hydrogens (tertiary/aromatic N) is 2. The Morgan fingerprint density at radius 3 is 2.50 bits per heavy atom. The number of anilines is 1. The van der Waals surface area contributed by atoms with Crippen molar-refractivity contribution in [3.63, 3.8) is 0 Å².